The van der Waals surface area contributed by atoms with Gasteiger partial charge in [-0.25, -0.2) is 4.68 Å². The van der Waals surface area contributed by atoms with E-state index in [1.54, 1.807) is 11.6 Å². The highest BCUT2D eigenvalue weighted by atomic mass is 35.5. The number of hydrazine groups is 1. The Balaban J connectivity index is 1.67. The van der Waals surface area contributed by atoms with Crippen LogP contribution < -0.4 is 10.9 Å². The molecule has 0 spiro atoms. The molecule has 1 fully saturated rings. The minimum Gasteiger partial charge on any atom is -0.368 e. The van der Waals surface area contributed by atoms with Crippen molar-refractivity contribution in [3.05, 3.63) is 51.8 Å². The van der Waals surface area contributed by atoms with E-state index in [2.05, 4.69) is 16.0 Å². The molecule has 1 aliphatic rings. The van der Waals surface area contributed by atoms with E-state index in [-0.39, 0.29) is 16.6 Å². The number of nitrogens with zero attached hydrogens (tertiary/aromatic N) is 2. The number of ether oxygens (including phenoxy) is 1. The highest BCUT2D eigenvalue weighted by Crippen LogP contribution is 2.21. The van der Waals surface area contributed by atoms with Gasteiger partial charge in [-0.15, -0.1) is 0 Å². The summed E-state index contributed by atoms with van der Waals surface area (Å²) in [5.74, 6) is -0.870. The Bertz CT molecular complexity index is 811. The number of carbonyl (C=O) groups excluding carboxylic acids is 2. The van der Waals surface area contributed by atoms with E-state index in [4.69, 9.17) is 16.3 Å². The molecule has 0 saturated carbocycles. The van der Waals surface area contributed by atoms with Crippen molar-refractivity contribution in [3.63, 3.8) is 0 Å². The number of nitrogens with one attached hydrogen (secondary N) is 2. The van der Waals surface area contributed by atoms with E-state index in [1.165, 1.54) is 5.56 Å². The zero-order chi connectivity index (χ0) is 18.7. The summed E-state index contributed by atoms with van der Waals surface area (Å²) in [4.78, 5) is 24.3. The molecule has 2 heterocycles. The van der Waals surface area contributed by atoms with Crippen molar-refractivity contribution >= 4 is 23.4 Å². The van der Waals surface area contributed by atoms with Crippen LogP contribution in [0.2, 0.25) is 5.15 Å². The van der Waals surface area contributed by atoms with Crippen LogP contribution in [0.15, 0.2) is 24.3 Å². The first-order valence-electron chi connectivity index (χ1n) is 8.46. The number of benzene rings is 1. The first kappa shape index (κ1) is 18.4. The van der Waals surface area contributed by atoms with Gasteiger partial charge in [0.1, 0.15) is 16.8 Å². The average molecular weight is 377 g/mol. The third-order valence-electron chi connectivity index (χ3n) is 4.27. The van der Waals surface area contributed by atoms with Crippen molar-refractivity contribution in [1.82, 2.24) is 20.6 Å². The van der Waals surface area contributed by atoms with Crippen LogP contribution in [0.3, 0.4) is 0 Å². The fraction of sp³-hybridized carbons (Fsp3) is 0.389. The maximum atomic E-state index is 12.4. The zero-order valence-electron chi connectivity index (χ0n) is 14.7. The van der Waals surface area contributed by atoms with Crippen molar-refractivity contribution < 1.29 is 14.3 Å². The number of carbonyl (C=O) groups is 2. The Labute approximate surface area is 156 Å². The van der Waals surface area contributed by atoms with Gasteiger partial charge in [0.2, 0.25) is 0 Å². The number of aryl methyl sites for hydroxylation is 2. The fourth-order valence-corrected chi connectivity index (χ4v) is 3.15. The number of rotatable bonds is 4. The van der Waals surface area contributed by atoms with E-state index in [0.717, 1.165) is 12.0 Å². The number of halogens is 1. The molecule has 1 aromatic carbocycles. The molecule has 26 heavy (non-hydrogen) atoms. The molecule has 1 atom stereocenters. The van der Waals surface area contributed by atoms with E-state index < -0.39 is 12.0 Å². The molecule has 2 aromatic rings. The largest absolute Gasteiger partial charge is 0.368 e. The van der Waals surface area contributed by atoms with E-state index in [9.17, 15) is 9.59 Å². The number of hydrogen-bond donors (Lipinski definition) is 2. The second-order valence-corrected chi connectivity index (χ2v) is 6.70. The lowest BCUT2D eigenvalue weighted by Gasteiger charge is -2.11. The van der Waals surface area contributed by atoms with E-state index in [1.807, 2.05) is 31.2 Å². The molecule has 1 unspecified atom stereocenters. The summed E-state index contributed by atoms with van der Waals surface area (Å²) in [6, 6.07) is 8.00. The number of aromatic nitrogens is 2. The van der Waals surface area contributed by atoms with Gasteiger partial charge in [0.15, 0.2) is 0 Å². The van der Waals surface area contributed by atoms with Gasteiger partial charge in [0, 0.05) is 6.61 Å². The van der Waals surface area contributed by atoms with Crippen molar-refractivity contribution in [2.45, 2.75) is 39.3 Å². The Morgan fingerprint density at radius 1 is 1.27 bits per heavy atom. The van der Waals surface area contributed by atoms with E-state index in [0.29, 0.717) is 25.3 Å². The minimum atomic E-state index is -0.517. The average Bonchev–Trinajstić information content (AvgIpc) is 3.24. The van der Waals surface area contributed by atoms with Gasteiger partial charge < -0.3 is 4.74 Å². The topological polar surface area (TPSA) is 85.3 Å². The summed E-state index contributed by atoms with van der Waals surface area (Å²) < 4.78 is 6.84. The summed E-state index contributed by atoms with van der Waals surface area (Å²) in [6.45, 7) is 4.73. The Hall–Kier alpha value is -2.38. The summed E-state index contributed by atoms with van der Waals surface area (Å²) >= 11 is 6.35. The van der Waals surface area contributed by atoms with Crippen LogP contribution in [0, 0.1) is 13.8 Å². The first-order valence-corrected chi connectivity index (χ1v) is 8.83. The van der Waals surface area contributed by atoms with Crippen LogP contribution >= 0.6 is 11.6 Å². The van der Waals surface area contributed by atoms with Gasteiger partial charge >= 0.3 is 0 Å². The molecule has 2 N–H and O–H groups in total. The van der Waals surface area contributed by atoms with Crippen LogP contribution in [0.4, 0.5) is 0 Å². The van der Waals surface area contributed by atoms with Crippen LogP contribution in [0.5, 0.6) is 0 Å². The molecule has 1 saturated heterocycles. The van der Waals surface area contributed by atoms with Crippen LogP contribution in [0.25, 0.3) is 0 Å². The van der Waals surface area contributed by atoms with Crippen LogP contribution in [-0.4, -0.2) is 34.3 Å². The minimum absolute atomic E-state index is 0.229. The summed E-state index contributed by atoms with van der Waals surface area (Å²) in [5.41, 5.74) is 7.69. The standard InChI is InChI=1S/C18H21ClN4O3/c1-11-5-7-13(8-6-11)10-23-16(19)15(12(2)22-23)18(25)21-20-17(24)14-4-3-9-26-14/h5-8,14H,3-4,9-10H2,1-2H3,(H,20,24)(H,21,25). The zero-order valence-corrected chi connectivity index (χ0v) is 15.5. The van der Waals surface area contributed by atoms with Crippen molar-refractivity contribution in [3.8, 4) is 0 Å². The summed E-state index contributed by atoms with van der Waals surface area (Å²) in [6.07, 6.45) is 0.967. The van der Waals surface area contributed by atoms with Crippen LogP contribution in [0.1, 0.15) is 40.0 Å². The number of amides is 2. The van der Waals surface area contributed by atoms with E-state index >= 15 is 0 Å². The highest BCUT2D eigenvalue weighted by molar-refractivity contribution is 6.33. The van der Waals surface area contributed by atoms with Gasteiger partial charge in [-0.05, 0) is 32.3 Å². The monoisotopic (exact) mass is 376 g/mol. The first-order chi connectivity index (χ1) is 12.5. The second-order valence-electron chi connectivity index (χ2n) is 6.34. The van der Waals surface area contributed by atoms with Gasteiger partial charge in [-0.3, -0.25) is 20.4 Å². The SMILES string of the molecule is Cc1ccc(Cn2nc(C)c(C(=O)NNC(=O)C3CCCO3)c2Cl)cc1. The van der Waals surface area contributed by atoms with Crippen molar-refractivity contribution in [1.29, 1.82) is 0 Å². The summed E-state index contributed by atoms with van der Waals surface area (Å²) in [5, 5.41) is 4.57. The Kier molecular flexibility index (Phi) is 5.58. The lowest BCUT2D eigenvalue weighted by molar-refractivity contribution is -0.130. The fourth-order valence-electron chi connectivity index (χ4n) is 2.83. The third-order valence-corrected chi connectivity index (χ3v) is 4.65. The smallest absolute Gasteiger partial charge is 0.274 e. The second kappa shape index (κ2) is 7.88. The molecule has 0 aliphatic carbocycles. The molecule has 3 rings (SSSR count). The van der Waals surface area contributed by atoms with Gasteiger partial charge in [-0.1, -0.05) is 41.4 Å². The molecule has 2 amide bonds. The lowest BCUT2D eigenvalue weighted by Crippen LogP contribution is -2.46. The van der Waals surface area contributed by atoms with Gasteiger partial charge in [-0.2, -0.15) is 5.10 Å². The maximum absolute atomic E-state index is 12.4. The van der Waals surface area contributed by atoms with Crippen molar-refractivity contribution in [2.75, 3.05) is 6.61 Å². The van der Waals surface area contributed by atoms with Crippen molar-refractivity contribution in [2.24, 2.45) is 0 Å². The quantitative estimate of drug-likeness (QED) is 0.800. The number of hydrogen-bond acceptors (Lipinski definition) is 4. The Morgan fingerprint density at radius 3 is 2.65 bits per heavy atom. The molecule has 8 heteroatoms. The molecule has 0 radical (unpaired) electrons. The highest BCUT2D eigenvalue weighted by Gasteiger charge is 2.25. The molecule has 0 bridgehead atoms. The molecule has 1 aromatic heterocycles. The summed E-state index contributed by atoms with van der Waals surface area (Å²) in [7, 11) is 0. The van der Waals surface area contributed by atoms with Gasteiger partial charge in [0.25, 0.3) is 11.8 Å². The maximum Gasteiger partial charge on any atom is 0.274 e. The third kappa shape index (κ3) is 4.05. The van der Waals surface area contributed by atoms with Crippen LogP contribution in [-0.2, 0) is 16.1 Å². The predicted octanol–water partition coefficient (Wildman–Crippen LogP) is 2.14. The Morgan fingerprint density at radius 2 is 2.00 bits per heavy atom. The molecular formula is C18H21ClN4O3. The molecule has 7 nitrogen and oxygen atoms in total. The van der Waals surface area contributed by atoms with Gasteiger partial charge in [0.05, 0.1) is 12.2 Å². The molecular weight excluding hydrogens is 356 g/mol. The predicted molar refractivity (Wildman–Crippen MR) is 96.8 cm³/mol. The molecule has 1 aliphatic heterocycles. The normalized spacial score (nSPS) is 16.5. The molecule has 138 valence electrons. The lowest BCUT2D eigenvalue weighted by atomic mass is 10.1.